The summed E-state index contributed by atoms with van der Waals surface area (Å²) in [5.74, 6) is 6.77. The van der Waals surface area contributed by atoms with E-state index in [1.54, 1.807) is 54.1 Å². The third kappa shape index (κ3) is 8.72. The van der Waals surface area contributed by atoms with E-state index in [-0.39, 0.29) is 31.6 Å². The number of thiophene rings is 1. The maximum Gasteiger partial charge on any atom is 0.0319 e. The monoisotopic (exact) mass is 918 g/mol. The van der Waals surface area contributed by atoms with Crippen molar-refractivity contribution in [3.05, 3.63) is 150 Å². The van der Waals surface area contributed by atoms with Crippen molar-refractivity contribution in [2.75, 3.05) is 0 Å². The smallest absolute Gasteiger partial charge is 0.0319 e. The number of benzene rings is 4. The van der Waals surface area contributed by atoms with Gasteiger partial charge in [-0.05, 0) is 40.2 Å². The fraction of sp³-hybridized carbons (Fsp3) is 0.244. The number of rotatable bonds is 7. The van der Waals surface area contributed by atoms with Gasteiger partial charge in [-0.2, -0.15) is 11.3 Å². The molecule has 1 aliphatic rings. The maximum atomic E-state index is 8.89. The number of nitrogens with zero attached hydrogens (tertiary/aromatic N) is 2. The van der Waals surface area contributed by atoms with Crippen LogP contribution in [-0.2, 0) is 32.9 Å². The summed E-state index contributed by atoms with van der Waals surface area (Å²) >= 11 is -0.637. The Morgan fingerprint density at radius 3 is 2.30 bits per heavy atom. The molecule has 255 valence electrons. The van der Waals surface area contributed by atoms with Gasteiger partial charge >= 0.3 is 155 Å². The topological polar surface area (TPSA) is 25.8 Å². The van der Waals surface area contributed by atoms with Gasteiger partial charge in [-0.15, -0.1) is 23.8 Å². The number of pyridine rings is 2. The van der Waals surface area contributed by atoms with Crippen molar-refractivity contribution in [1.82, 2.24) is 9.97 Å². The van der Waals surface area contributed by atoms with Crippen LogP contribution < -0.4 is 4.40 Å². The zero-order valence-corrected chi connectivity index (χ0v) is 33.8. The van der Waals surface area contributed by atoms with Crippen LogP contribution in [0.2, 0.25) is 17.3 Å². The van der Waals surface area contributed by atoms with Crippen molar-refractivity contribution in [2.24, 2.45) is 5.92 Å². The van der Waals surface area contributed by atoms with Crippen molar-refractivity contribution in [3.63, 3.8) is 0 Å². The van der Waals surface area contributed by atoms with E-state index in [1.807, 2.05) is 36.4 Å². The van der Waals surface area contributed by atoms with Gasteiger partial charge in [-0.25, -0.2) is 0 Å². The third-order valence-electron chi connectivity index (χ3n) is 8.93. The van der Waals surface area contributed by atoms with Gasteiger partial charge in [0.1, 0.15) is 0 Å². The minimum atomic E-state index is -2.42. The fourth-order valence-corrected chi connectivity index (χ4v) is 10.3. The summed E-state index contributed by atoms with van der Waals surface area (Å²) in [5.41, 5.74) is 5.16. The Hall–Kier alpha value is -3.41. The average Bonchev–Trinajstić information content (AvgIpc) is 3.87. The first kappa shape index (κ1) is 28.2. The SMILES string of the molecule is [2H]C([2H])([2H])c1c[c-]c(-c2cc(C([2H])([2H])c3ccccc3)[c]([Ge]([CH3])([CH3])[CH3])cn2)cc1.[2H]C([2H])(c1ccnc(-c2[c-]cc3sc4ccccc4c3c2)c1)C1CCCC1.[Ir]. The fourth-order valence-electron chi connectivity index (χ4n) is 6.36. The standard InChI is InChI=1S/C23H20NS.C22H24GeN.Ir/c1-2-6-16(5-1)13-17-11-12-24-21(14-17)18-9-10-23-20(15-18)19-7-3-4-8-22(19)25-23;1-17-10-12-19(13-11-17)22-15-20(14-18-8-6-5-7-9-18)21(16-24-22)23(2,3)4;/h3-4,7-8,10-12,14-16H,1-2,5-6,13H2;5-12,15-16H,14H2,1-4H3;/q2*-1;/i13D2;1D3,14D2;. The molecule has 0 saturated heterocycles. The van der Waals surface area contributed by atoms with E-state index in [4.69, 9.17) is 9.60 Å². The van der Waals surface area contributed by atoms with E-state index in [9.17, 15) is 0 Å². The predicted octanol–water partition coefficient (Wildman–Crippen LogP) is 11.6. The minimum Gasteiger partial charge on any atom is -0.305 e. The summed E-state index contributed by atoms with van der Waals surface area (Å²) in [7, 11) is 0. The van der Waals surface area contributed by atoms with E-state index >= 15 is 0 Å². The first-order valence-corrected chi connectivity index (χ1v) is 25.1. The van der Waals surface area contributed by atoms with Crippen molar-refractivity contribution in [3.8, 4) is 22.5 Å². The van der Waals surface area contributed by atoms with Crippen LogP contribution in [0.25, 0.3) is 42.7 Å². The van der Waals surface area contributed by atoms with Crippen molar-refractivity contribution < 1.29 is 29.7 Å². The number of aryl methyl sites for hydroxylation is 1. The summed E-state index contributed by atoms with van der Waals surface area (Å²) < 4.78 is 61.2. The molecule has 4 aromatic carbocycles. The molecule has 1 fully saturated rings. The van der Waals surface area contributed by atoms with Crippen LogP contribution >= 0.6 is 11.3 Å². The molecule has 3 aromatic heterocycles. The molecule has 2 nitrogen and oxygen atoms in total. The normalized spacial score (nSPS) is 16.1. The van der Waals surface area contributed by atoms with Gasteiger partial charge in [0.05, 0.1) is 0 Å². The molecule has 7 aromatic rings. The van der Waals surface area contributed by atoms with Crippen LogP contribution in [0.15, 0.2) is 116 Å². The number of aromatic nitrogens is 2. The van der Waals surface area contributed by atoms with E-state index in [0.717, 1.165) is 46.9 Å². The summed E-state index contributed by atoms with van der Waals surface area (Å²) in [6.45, 7) is -2.18. The van der Waals surface area contributed by atoms with Crippen LogP contribution in [0.1, 0.15) is 57.5 Å². The molecule has 0 spiro atoms. The quantitative estimate of drug-likeness (QED) is 0.118. The van der Waals surface area contributed by atoms with E-state index < -0.39 is 32.9 Å². The Bertz CT molecular complexity index is 2470. The molecule has 0 amide bonds. The Morgan fingerprint density at radius 1 is 0.780 bits per heavy atom. The number of hydrogen-bond acceptors (Lipinski definition) is 3. The maximum absolute atomic E-state index is 8.89. The Labute approximate surface area is 328 Å². The Balaban J connectivity index is 0.000000190. The summed E-state index contributed by atoms with van der Waals surface area (Å²) in [4.78, 5) is 9.11. The molecule has 3 heterocycles. The average molecular weight is 917 g/mol. The van der Waals surface area contributed by atoms with Crippen LogP contribution in [0.4, 0.5) is 0 Å². The summed E-state index contributed by atoms with van der Waals surface area (Å²) in [5, 5.41) is 2.47. The largest absolute Gasteiger partial charge is 0.305 e. The molecular formula is C45H44GeIrN2S-2. The molecule has 0 bridgehead atoms. The molecule has 1 aliphatic carbocycles. The van der Waals surface area contributed by atoms with E-state index in [0.29, 0.717) is 22.4 Å². The van der Waals surface area contributed by atoms with Crippen LogP contribution in [0, 0.1) is 24.9 Å². The molecule has 0 atom stereocenters. The van der Waals surface area contributed by atoms with Crippen molar-refractivity contribution in [1.29, 1.82) is 0 Å². The molecule has 0 N–H and O–H groups in total. The Kier molecular flexibility index (Phi) is 9.19. The van der Waals surface area contributed by atoms with Gasteiger partial charge in [0.2, 0.25) is 0 Å². The molecular weight excluding hydrogens is 865 g/mol. The van der Waals surface area contributed by atoms with E-state index in [1.165, 1.54) is 26.2 Å². The van der Waals surface area contributed by atoms with Crippen molar-refractivity contribution >= 4 is 49.2 Å². The summed E-state index contributed by atoms with van der Waals surface area (Å²) in [6, 6.07) is 38.4. The van der Waals surface area contributed by atoms with Crippen LogP contribution in [-0.4, -0.2) is 23.2 Å². The zero-order chi connectivity index (χ0) is 39.9. The second-order valence-corrected chi connectivity index (χ2v) is 25.3. The van der Waals surface area contributed by atoms with Crippen LogP contribution in [0.3, 0.4) is 0 Å². The second-order valence-electron chi connectivity index (χ2n) is 13.6. The molecule has 0 unspecified atom stereocenters. The zero-order valence-electron chi connectivity index (χ0n) is 35.5. The first-order valence-electron chi connectivity index (χ1n) is 20.4. The summed E-state index contributed by atoms with van der Waals surface area (Å²) in [6.07, 6.45) is 4.81. The number of fused-ring (bicyclic) bond motifs is 3. The first-order chi connectivity index (χ1) is 26.5. The van der Waals surface area contributed by atoms with Crippen molar-refractivity contribution in [2.45, 2.75) is 62.5 Å². The van der Waals surface area contributed by atoms with E-state index in [2.05, 4.69) is 69.7 Å². The molecule has 8 rings (SSSR count). The van der Waals surface area contributed by atoms with Gasteiger partial charge in [0.15, 0.2) is 0 Å². The third-order valence-corrected chi connectivity index (χ3v) is 14.3. The molecule has 0 aliphatic heterocycles. The predicted molar refractivity (Wildman–Crippen MR) is 213 cm³/mol. The van der Waals surface area contributed by atoms with Gasteiger partial charge in [-0.3, -0.25) is 0 Å². The molecule has 50 heavy (non-hydrogen) atoms. The molecule has 1 radical (unpaired) electrons. The molecule has 1 saturated carbocycles. The van der Waals surface area contributed by atoms with Gasteiger partial charge in [0.25, 0.3) is 0 Å². The van der Waals surface area contributed by atoms with Crippen LogP contribution in [0.5, 0.6) is 0 Å². The second kappa shape index (κ2) is 16.3. The van der Waals surface area contributed by atoms with Gasteiger partial charge < -0.3 is 4.98 Å². The van der Waals surface area contributed by atoms with Gasteiger partial charge in [0, 0.05) is 33.7 Å². The minimum absolute atomic E-state index is 0. The molecule has 5 heteroatoms. The number of hydrogen-bond donors (Lipinski definition) is 0. The van der Waals surface area contributed by atoms with Gasteiger partial charge in [-0.1, -0.05) is 60.9 Å². The Morgan fingerprint density at radius 2 is 1.54 bits per heavy atom.